The quantitative estimate of drug-likeness (QED) is 0.630. The maximum atomic E-state index is 13.1. The topological polar surface area (TPSA) is 54.3 Å². The predicted octanol–water partition coefficient (Wildman–Crippen LogP) is 4.42. The van der Waals surface area contributed by atoms with E-state index >= 15 is 0 Å². The van der Waals surface area contributed by atoms with E-state index in [1.807, 2.05) is 24.3 Å². The zero-order chi connectivity index (χ0) is 19.8. The van der Waals surface area contributed by atoms with Crippen LogP contribution >= 0.6 is 15.9 Å². The van der Waals surface area contributed by atoms with Crippen LogP contribution in [0.2, 0.25) is 0 Å². The normalized spacial score (nSPS) is 13.0. The highest BCUT2D eigenvalue weighted by molar-refractivity contribution is 9.10. The number of nitrogens with zero attached hydrogens (tertiary/aromatic N) is 1. The van der Waals surface area contributed by atoms with Crippen molar-refractivity contribution in [1.82, 2.24) is 9.88 Å². The molecule has 0 aliphatic carbocycles. The smallest absolute Gasteiger partial charge is 0.387 e. The lowest BCUT2D eigenvalue weighted by Crippen LogP contribution is -2.30. The zero-order valence-corrected chi connectivity index (χ0v) is 15.8. The first-order chi connectivity index (χ1) is 12.7. The van der Waals surface area contributed by atoms with E-state index in [0.717, 1.165) is 17.0 Å². The Morgan fingerprint density at radius 1 is 1.19 bits per heavy atom. The maximum Gasteiger partial charge on any atom is 0.416 e. The van der Waals surface area contributed by atoms with Crippen molar-refractivity contribution in [3.05, 3.63) is 69.8 Å². The Labute approximate surface area is 161 Å². The third-order valence-corrected chi connectivity index (χ3v) is 5.14. The number of benzene rings is 2. The van der Waals surface area contributed by atoms with Gasteiger partial charge in [-0.25, -0.2) is 0 Å². The summed E-state index contributed by atoms with van der Waals surface area (Å²) in [7, 11) is 1.72. The molecular weight excluding hydrogens is 425 g/mol. The largest absolute Gasteiger partial charge is 0.416 e. The number of amides is 1. The highest BCUT2D eigenvalue weighted by Gasteiger charge is 2.34. The Morgan fingerprint density at radius 3 is 2.48 bits per heavy atom. The molecule has 0 saturated carbocycles. The number of aromatic nitrogens is 1. The Bertz CT molecular complexity index is 959. The van der Waals surface area contributed by atoms with E-state index in [0.29, 0.717) is 10.2 Å². The van der Waals surface area contributed by atoms with Gasteiger partial charge in [0.25, 0.3) is 5.91 Å². The number of aryl methyl sites for hydroxylation is 1. The second-order valence-electron chi connectivity index (χ2n) is 6.05. The molecular formula is C19H16BrF3N2O2. The van der Waals surface area contributed by atoms with Crippen LogP contribution in [-0.2, 0) is 13.2 Å². The first kappa shape index (κ1) is 19.4. The predicted molar refractivity (Wildman–Crippen MR) is 99.4 cm³/mol. The molecule has 2 aromatic carbocycles. The molecule has 1 amide bonds. The second-order valence-corrected chi connectivity index (χ2v) is 6.84. The van der Waals surface area contributed by atoms with Crippen molar-refractivity contribution in [3.8, 4) is 0 Å². The van der Waals surface area contributed by atoms with Crippen LogP contribution in [0, 0.1) is 0 Å². The monoisotopic (exact) mass is 440 g/mol. The van der Waals surface area contributed by atoms with Crippen LogP contribution in [0.3, 0.4) is 0 Å². The summed E-state index contributed by atoms with van der Waals surface area (Å²) in [6, 6.07) is 12.2. The molecule has 1 atom stereocenters. The number of carbonyl (C=O) groups excluding carboxylic acids is 1. The average Bonchev–Trinajstić information content (AvgIpc) is 2.90. The van der Waals surface area contributed by atoms with Gasteiger partial charge in [0.05, 0.1) is 16.1 Å². The molecule has 142 valence electrons. The first-order valence-electron chi connectivity index (χ1n) is 8.07. The number of aliphatic hydroxyl groups excluding tert-OH is 1. The van der Waals surface area contributed by atoms with Gasteiger partial charge >= 0.3 is 6.18 Å². The SMILES string of the molecule is Cn1c(C(=O)NC[C@@H](O)c2ccccc2C(F)(F)F)c(Br)c2ccccc21. The van der Waals surface area contributed by atoms with Gasteiger partial charge in [0.15, 0.2) is 0 Å². The molecule has 0 saturated heterocycles. The van der Waals surface area contributed by atoms with Crippen LogP contribution in [0.15, 0.2) is 53.0 Å². The summed E-state index contributed by atoms with van der Waals surface area (Å²) in [6.45, 7) is -0.347. The van der Waals surface area contributed by atoms with E-state index < -0.39 is 23.8 Å². The number of carbonyl (C=O) groups is 1. The van der Waals surface area contributed by atoms with Crippen molar-refractivity contribution in [2.24, 2.45) is 7.05 Å². The minimum atomic E-state index is -4.58. The Hall–Kier alpha value is -2.32. The van der Waals surface area contributed by atoms with Crippen LogP contribution in [0.5, 0.6) is 0 Å². The van der Waals surface area contributed by atoms with Gasteiger partial charge in [-0.1, -0.05) is 36.4 Å². The molecule has 0 bridgehead atoms. The Balaban J connectivity index is 1.81. The lowest BCUT2D eigenvalue weighted by molar-refractivity contribution is -0.139. The molecule has 3 rings (SSSR count). The lowest BCUT2D eigenvalue weighted by atomic mass is 10.0. The summed E-state index contributed by atoms with van der Waals surface area (Å²) in [5.74, 6) is -0.496. The molecule has 0 unspecified atom stereocenters. The van der Waals surface area contributed by atoms with Crippen LogP contribution in [-0.4, -0.2) is 22.1 Å². The number of halogens is 4. The molecule has 1 aromatic heterocycles. The number of nitrogens with one attached hydrogen (secondary N) is 1. The molecule has 3 aromatic rings. The van der Waals surface area contributed by atoms with Crippen molar-refractivity contribution in [2.75, 3.05) is 6.54 Å². The highest BCUT2D eigenvalue weighted by atomic mass is 79.9. The number of para-hydroxylation sites is 1. The third-order valence-electron chi connectivity index (χ3n) is 4.34. The maximum absolute atomic E-state index is 13.1. The lowest BCUT2D eigenvalue weighted by Gasteiger charge is -2.18. The fraction of sp³-hybridized carbons (Fsp3) is 0.211. The number of hydrogen-bond acceptors (Lipinski definition) is 2. The number of fused-ring (bicyclic) bond motifs is 1. The molecule has 2 N–H and O–H groups in total. The Morgan fingerprint density at radius 2 is 1.81 bits per heavy atom. The molecule has 1 heterocycles. The molecule has 0 aliphatic heterocycles. The highest BCUT2D eigenvalue weighted by Crippen LogP contribution is 2.34. The summed E-state index contributed by atoms with van der Waals surface area (Å²) < 4.78 is 41.5. The minimum absolute atomic E-state index is 0.276. The van der Waals surface area contributed by atoms with Gasteiger partial charge < -0.3 is 15.0 Å². The summed E-state index contributed by atoms with van der Waals surface area (Å²) in [5, 5.41) is 13.6. The summed E-state index contributed by atoms with van der Waals surface area (Å²) in [4.78, 5) is 12.6. The van der Waals surface area contributed by atoms with Gasteiger partial charge in [0.2, 0.25) is 0 Å². The first-order valence-corrected chi connectivity index (χ1v) is 8.86. The minimum Gasteiger partial charge on any atom is -0.387 e. The van der Waals surface area contributed by atoms with Gasteiger partial charge in [-0.15, -0.1) is 0 Å². The number of aliphatic hydroxyl groups is 1. The summed E-state index contributed by atoms with van der Waals surface area (Å²) in [6.07, 6.45) is -6.07. The van der Waals surface area contributed by atoms with Crippen molar-refractivity contribution >= 4 is 32.7 Å². The molecule has 0 radical (unpaired) electrons. The average molecular weight is 441 g/mol. The standard InChI is InChI=1S/C19H16BrF3N2O2/c1-25-14-9-5-3-7-12(14)16(20)17(25)18(27)24-10-15(26)11-6-2-4-8-13(11)19(21,22)23/h2-9,15,26H,10H2,1H3,(H,24,27)/t15-/m1/s1. The fourth-order valence-corrected chi connectivity index (χ4v) is 3.81. The van der Waals surface area contributed by atoms with E-state index in [1.165, 1.54) is 18.2 Å². The van der Waals surface area contributed by atoms with Gasteiger partial charge in [0, 0.05) is 24.5 Å². The number of rotatable bonds is 4. The van der Waals surface area contributed by atoms with E-state index in [2.05, 4.69) is 21.2 Å². The molecule has 0 spiro atoms. The zero-order valence-electron chi connectivity index (χ0n) is 14.2. The fourth-order valence-electron chi connectivity index (χ4n) is 3.03. The Kier molecular flexibility index (Phi) is 5.30. The summed E-state index contributed by atoms with van der Waals surface area (Å²) >= 11 is 3.40. The van der Waals surface area contributed by atoms with Crippen molar-refractivity contribution in [1.29, 1.82) is 0 Å². The molecule has 0 fully saturated rings. The summed E-state index contributed by atoms with van der Waals surface area (Å²) in [5.41, 5.74) is -0.0380. The van der Waals surface area contributed by atoms with Gasteiger partial charge in [-0.05, 0) is 33.6 Å². The van der Waals surface area contributed by atoms with E-state index in [1.54, 1.807) is 11.6 Å². The van der Waals surface area contributed by atoms with Crippen molar-refractivity contribution < 1.29 is 23.1 Å². The van der Waals surface area contributed by atoms with Crippen LogP contribution < -0.4 is 5.32 Å². The molecule has 27 heavy (non-hydrogen) atoms. The van der Waals surface area contributed by atoms with Crippen LogP contribution in [0.4, 0.5) is 13.2 Å². The molecule has 4 nitrogen and oxygen atoms in total. The number of hydrogen-bond donors (Lipinski definition) is 2. The number of alkyl halides is 3. The van der Waals surface area contributed by atoms with Gasteiger partial charge in [0.1, 0.15) is 5.69 Å². The van der Waals surface area contributed by atoms with Crippen LogP contribution in [0.25, 0.3) is 10.9 Å². The second kappa shape index (κ2) is 7.36. The van der Waals surface area contributed by atoms with Crippen molar-refractivity contribution in [2.45, 2.75) is 12.3 Å². The van der Waals surface area contributed by atoms with E-state index in [4.69, 9.17) is 0 Å². The van der Waals surface area contributed by atoms with Gasteiger partial charge in [-0.3, -0.25) is 4.79 Å². The third kappa shape index (κ3) is 3.72. The molecule has 0 aliphatic rings. The van der Waals surface area contributed by atoms with E-state index in [-0.39, 0.29) is 12.1 Å². The molecule has 8 heteroatoms. The van der Waals surface area contributed by atoms with E-state index in [9.17, 15) is 23.1 Å². The van der Waals surface area contributed by atoms with Gasteiger partial charge in [-0.2, -0.15) is 13.2 Å². The van der Waals surface area contributed by atoms with Crippen molar-refractivity contribution in [3.63, 3.8) is 0 Å². The van der Waals surface area contributed by atoms with Crippen LogP contribution in [0.1, 0.15) is 27.7 Å².